The van der Waals surface area contributed by atoms with Crippen LogP contribution in [0.3, 0.4) is 0 Å². The summed E-state index contributed by atoms with van der Waals surface area (Å²) < 4.78 is 0. The highest BCUT2D eigenvalue weighted by Crippen LogP contribution is 2.20. The lowest BCUT2D eigenvalue weighted by Crippen LogP contribution is -2.49. The van der Waals surface area contributed by atoms with Gasteiger partial charge in [0.25, 0.3) is 0 Å². The van der Waals surface area contributed by atoms with E-state index in [0.29, 0.717) is 18.1 Å². The van der Waals surface area contributed by atoms with Crippen LogP contribution in [0.25, 0.3) is 0 Å². The maximum Gasteiger partial charge on any atom is 0.240 e. The van der Waals surface area contributed by atoms with Gasteiger partial charge in [0.2, 0.25) is 5.91 Å². The average molecular weight is 365 g/mol. The summed E-state index contributed by atoms with van der Waals surface area (Å²) in [5.74, 6) is 0.141. The zero-order valence-electron chi connectivity index (χ0n) is 13.7. The quantitative estimate of drug-likeness (QED) is 0.893. The molecule has 24 heavy (non-hydrogen) atoms. The number of hydrogen-bond acceptors (Lipinski definition) is 2. The predicted octanol–water partition coefficient (Wildman–Crippen LogP) is 3.82. The Labute approximate surface area is 154 Å². The lowest BCUT2D eigenvalue weighted by Gasteiger charge is -2.30. The van der Waals surface area contributed by atoms with Crippen LogP contribution >= 0.6 is 24.0 Å². The molecule has 0 radical (unpaired) electrons. The van der Waals surface area contributed by atoms with Gasteiger partial charge in [-0.3, -0.25) is 4.79 Å². The molecule has 0 saturated heterocycles. The van der Waals surface area contributed by atoms with E-state index in [1.807, 2.05) is 48.2 Å². The number of nitrogens with one attached hydrogen (secondary N) is 1. The molecule has 0 aliphatic carbocycles. The smallest absolute Gasteiger partial charge is 0.240 e. The number of carbonyl (C=O) groups excluding carboxylic acids is 1. The van der Waals surface area contributed by atoms with Gasteiger partial charge >= 0.3 is 0 Å². The maximum atomic E-state index is 12.9. The van der Waals surface area contributed by atoms with Crippen LogP contribution in [-0.4, -0.2) is 23.4 Å². The number of carbonyl (C=O) groups is 1. The minimum Gasteiger partial charge on any atom is -0.337 e. The van der Waals surface area contributed by atoms with Gasteiger partial charge in [0.05, 0.1) is 6.04 Å². The summed E-state index contributed by atoms with van der Waals surface area (Å²) in [4.78, 5) is 14.7. The molecule has 2 aromatic rings. The van der Waals surface area contributed by atoms with Gasteiger partial charge in [0.1, 0.15) is 0 Å². The fourth-order valence-corrected chi connectivity index (χ4v) is 3.22. The van der Waals surface area contributed by atoms with E-state index in [2.05, 4.69) is 17.4 Å². The van der Waals surface area contributed by atoms with E-state index in [1.165, 1.54) is 11.1 Å². The highest BCUT2D eigenvalue weighted by atomic mass is 35.5. The summed E-state index contributed by atoms with van der Waals surface area (Å²) in [6.45, 7) is 3.97. The van der Waals surface area contributed by atoms with E-state index in [-0.39, 0.29) is 24.4 Å². The summed E-state index contributed by atoms with van der Waals surface area (Å²) in [6, 6.07) is 15.8. The summed E-state index contributed by atoms with van der Waals surface area (Å²) in [6.07, 6.45) is 0.744. The topological polar surface area (TPSA) is 32.3 Å². The zero-order valence-corrected chi connectivity index (χ0v) is 15.2. The maximum absolute atomic E-state index is 12.9. The van der Waals surface area contributed by atoms with Crippen LogP contribution in [0.4, 0.5) is 0 Å². The largest absolute Gasteiger partial charge is 0.337 e. The highest BCUT2D eigenvalue weighted by Gasteiger charge is 2.27. The molecule has 3 rings (SSSR count). The molecular weight excluding hydrogens is 343 g/mol. The normalized spacial score (nSPS) is 16.0. The molecule has 0 saturated carbocycles. The number of fused-ring (bicyclic) bond motifs is 1. The van der Waals surface area contributed by atoms with Gasteiger partial charge in [0, 0.05) is 24.7 Å². The third kappa shape index (κ3) is 4.10. The predicted molar refractivity (Wildman–Crippen MR) is 101 cm³/mol. The Morgan fingerprint density at radius 2 is 1.83 bits per heavy atom. The SMILES string of the molecule is CCN(Cc1ccccc1Cl)C(=O)C1Cc2ccccc2CN1.Cl. The molecule has 128 valence electrons. The van der Waals surface area contributed by atoms with Crippen molar-refractivity contribution < 1.29 is 4.79 Å². The first kappa shape index (κ1) is 18.8. The molecule has 1 heterocycles. The van der Waals surface area contributed by atoms with Crippen molar-refractivity contribution in [1.82, 2.24) is 10.2 Å². The van der Waals surface area contributed by atoms with Crippen molar-refractivity contribution in [3.63, 3.8) is 0 Å². The van der Waals surface area contributed by atoms with E-state index >= 15 is 0 Å². The number of rotatable bonds is 4. The van der Waals surface area contributed by atoms with Gasteiger partial charge in [-0.2, -0.15) is 0 Å². The standard InChI is InChI=1S/C19H21ClN2O.ClH/c1-2-22(13-16-9-5-6-10-17(16)20)19(23)18-11-14-7-3-4-8-15(14)12-21-18;/h3-10,18,21H,2,11-13H2,1H3;1H. The van der Waals surface area contributed by atoms with Crippen LogP contribution < -0.4 is 5.32 Å². The van der Waals surface area contributed by atoms with E-state index in [1.54, 1.807) is 0 Å². The molecule has 5 heteroatoms. The number of nitrogens with zero attached hydrogens (tertiary/aromatic N) is 1. The van der Waals surface area contributed by atoms with Crippen LogP contribution in [0.2, 0.25) is 5.02 Å². The molecule has 0 aromatic heterocycles. The van der Waals surface area contributed by atoms with Crippen molar-refractivity contribution in [1.29, 1.82) is 0 Å². The Morgan fingerprint density at radius 3 is 2.54 bits per heavy atom. The molecule has 1 aliphatic rings. The van der Waals surface area contributed by atoms with E-state index in [4.69, 9.17) is 11.6 Å². The van der Waals surface area contributed by atoms with Crippen molar-refractivity contribution in [2.75, 3.05) is 6.54 Å². The first-order valence-electron chi connectivity index (χ1n) is 8.01. The molecule has 2 aromatic carbocycles. The summed E-state index contributed by atoms with van der Waals surface area (Å²) in [5.41, 5.74) is 3.53. The van der Waals surface area contributed by atoms with E-state index in [0.717, 1.165) is 18.5 Å². The lowest BCUT2D eigenvalue weighted by molar-refractivity contribution is -0.134. The number of likely N-dealkylation sites (N-methyl/N-ethyl adjacent to an activating group) is 1. The molecular formula is C19H22Cl2N2O. The van der Waals surface area contributed by atoms with Gasteiger partial charge in [-0.1, -0.05) is 54.1 Å². The van der Waals surface area contributed by atoms with Crippen molar-refractivity contribution in [3.8, 4) is 0 Å². The third-order valence-electron chi connectivity index (χ3n) is 4.39. The Hall–Kier alpha value is -1.55. The molecule has 1 atom stereocenters. The van der Waals surface area contributed by atoms with Crippen molar-refractivity contribution in [2.45, 2.75) is 32.5 Å². The highest BCUT2D eigenvalue weighted by molar-refractivity contribution is 6.31. The number of halogens is 2. The number of hydrogen-bond donors (Lipinski definition) is 1. The number of amides is 1. The second-order valence-corrected chi connectivity index (χ2v) is 6.26. The molecule has 0 spiro atoms. The second kappa shape index (κ2) is 8.52. The fraction of sp³-hybridized carbons (Fsp3) is 0.316. The Balaban J connectivity index is 0.00000208. The molecule has 0 bridgehead atoms. The average Bonchev–Trinajstić information content (AvgIpc) is 2.60. The first-order chi connectivity index (χ1) is 11.2. The first-order valence-corrected chi connectivity index (χ1v) is 8.39. The molecule has 0 fully saturated rings. The van der Waals surface area contributed by atoms with Crippen LogP contribution in [0, 0.1) is 0 Å². The van der Waals surface area contributed by atoms with E-state index < -0.39 is 0 Å². The Morgan fingerprint density at radius 1 is 1.17 bits per heavy atom. The van der Waals surface area contributed by atoms with Gasteiger partial charge in [0.15, 0.2) is 0 Å². The summed E-state index contributed by atoms with van der Waals surface area (Å²) >= 11 is 6.23. The van der Waals surface area contributed by atoms with Crippen LogP contribution in [0.5, 0.6) is 0 Å². The molecule has 1 amide bonds. The van der Waals surface area contributed by atoms with Gasteiger partial charge in [-0.15, -0.1) is 12.4 Å². The molecule has 3 nitrogen and oxygen atoms in total. The monoisotopic (exact) mass is 364 g/mol. The van der Waals surface area contributed by atoms with Gasteiger partial charge in [-0.05, 0) is 36.1 Å². The summed E-state index contributed by atoms with van der Waals surface area (Å²) in [7, 11) is 0. The van der Waals surface area contributed by atoms with Crippen molar-refractivity contribution >= 4 is 29.9 Å². The second-order valence-electron chi connectivity index (χ2n) is 5.85. The van der Waals surface area contributed by atoms with Crippen molar-refractivity contribution in [3.05, 3.63) is 70.2 Å². The minimum atomic E-state index is -0.160. The van der Waals surface area contributed by atoms with Crippen LogP contribution in [-0.2, 0) is 24.3 Å². The fourth-order valence-electron chi connectivity index (χ4n) is 3.03. The van der Waals surface area contributed by atoms with E-state index in [9.17, 15) is 4.79 Å². The molecule has 1 aliphatic heterocycles. The Bertz CT molecular complexity index is 705. The van der Waals surface area contributed by atoms with Crippen LogP contribution in [0.1, 0.15) is 23.6 Å². The number of benzene rings is 2. The van der Waals surface area contributed by atoms with Gasteiger partial charge < -0.3 is 10.2 Å². The summed E-state index contributed by atoms with van der Waals surface area (Å²) in [5, 5.41) is 4.08. The van der Waals surface area contributed by atoms with Crippen molar-refractivity contribution in [2.24, 2.45) is 0 Å². The third-order valence-corrected chi connectivity index (χ3v) is 4.76. The molecule has 1 N–H and O–H groups in total. The zero-order chi connectivity index (χ0) is 16.2. The lowest BCUT2D eigenvalue weighted by atomic mass is 9.95. The minimum absolute atomic E-state index is 0. The Kier molecular flexibility index (Phi) is 6.67. The molecule has 1 unspecified atom stereocenters. The van der Waals surface area contributed by atoms with Gasteiger partial charge in [-0.25, -0.2) is 0 Å². The van der Waals surface area contributed by atoms with Crippen LogP contribution in [0.15, 0.2) is 48.5 Å².